The number of nitrogens with one attached hydrogen (secondary N) is 1. The lowest BCUT2D eigenvalue weighted by molar-refractivity contribution is 0.419. The van der Waals surface area contributed by atoms with Crippen molar-refractivity contribution < 1.29 is 0 Å². The lowest BCUT2D eigenvalue weighted by atomic mass is 9.79. The van der Waals surface area contributed by atoms with Crippen LogP contribution in [0.4, 0.5) is 0 Å². The molecule has 0 radical (unpaired) electrons. The molecule has 0 aromatic heterocycles. The molecule has 2 aromatic carbocycles. The summed E-state index contributed by atoms with van der Waals surface area (Å²) in [4.78, 5) is 0. The number of nitrogens with two attached hydrogens (primary N) is 1. The zero-order valence-electron chi connectivity index (χ0n) is 12.0. The lowest BCUT2D eigenvalue weighted by Crippen LogP contribution is -2.29. The van der Waals surface area contributed by atoms with Gasteiger partial charge in [0.05, 0.1) is 6.04 Å². The molecule has 0 amide bonds. The van der Waals surface area contributed by atoms with Crippen molar-refractivity contribution in [3.05, 3.63) is 70.8 Å². The topological polar surface area (TPSA) is 38.0 Å². The monoisotopic (exact) mass is 266 g/mol. The highest BCUT2D eigenvalue weighted by Gasteiger charge is 2.21. The molecule has 1 atom stereocenters. The maximum absolute atomic E-state index is 5.83. The Bertz CT molecular complexity index is 587. The predicted octanol–water partition coefficient (Wildman–Crippen LogP) is 3.82. The second kappa shape index (κ2) is 5.78. The molecule has 2 heteroatoms. The van der Waals surface area contributed by atoms with Crippen LogP contribution in [0.5, 0.6) is 0 Å². The Morgan fingerprint density at radius 1 is 1.10 bits per heavy atom. The molecule has 20 heavy (non-hydrogen) atoms. The maximum Gasteiger partial charge on any atom is 0.0712 e. The number of hydrogen-bond donors (Lipinski definition) is 2. The standard InChI is InChI=1S/C18H22N2/c1-13-6-2-3-11-17(13)18(20-19)16-10-5-9-15(12-16)14-7-4-8-14/h2-3,5-6,9-12,14,18,20H,4,7-8,19H2,1H3. The minimum Gasteiger partial charge on any atom is -0.271 e. The first-order valence-electron chi connectivity index (χ1n) is 7.41. The zero-order chi connectivity index (χ0) is 13.9. The van der Waals surface area contributed by atoms with Gasteiger partial charge in [0.1, 0.15) is 0 Å². The maximum atomic E-state index is 5.83. The average molecular weight is 266 g/mol. The van der Waals surface area contributed by atoms with Crippen LogP contribution in [0, 0.1) is 6.92 Å². The third kappa shape index (κ3) is 2.49. The summed E-state index contributed by atoms with van der Waals surface area (Å²) in [5.41, 5.74) is 8.21. The van der Waals surface area contributed by atoms with E-state index in [0.29, 0.717) is 0 Å². The van der Waals surface area contributed by atoms with Crippen molar-refractivity contribution in [3.8, 4) is 0 Å². The summed E-state index contributed by atoms with van der Waals surface area (Å²) >= 11 is 0. The molecule has 1 aliphatic rings. The van der Waals surface area contributed by atoms with Crippen molar-refractivity contribution in [2.75, 3.05) is 0 Å². The van der Waals surface area contributed by atoms with Crippen LogP contribution in [0.25, 0.3) is 0 Å². The summed E-state index contributed by atoms with van der Waals surface area (Å²) in [5.74, 6) is 6.58. The molecule has 0 saturated heterocycles. The number of aryl methyl sites for hydroxylation is 1. The molecule has 1 fully saturated rings. The molecule has 0 heterocycles. The van der Waals surface area contributed by atoms with Crippen LogP contribution >= 0.6 is 0 Å². The van der Waals surface area contributed by atoms with Crippen LogP contribution in [0.3, 0.4) is 0 Å². The minimum absolute atomic E-state index is 0.0660. The molecule has 2 nitrogen and oxygen atoms in total. The second-order valence-electron chi connectivity index (χ2n) is 5.75. The van der Waals surface area contributed by atoms with Gasteiger partial charge in [-0.1, -0.05) is 55.0 Å². The number of hydrogen-bond acceptors (Lipinski definition) is 2. The Hall–Kier alpha value is -1.64. The first-order valence-corrected chi connectivity index (χ1v) is 7.41. The molecule has 3 N–H and O–H groups in total. The van der Waals surface area contributed by atoms with Crippen LogP contribution < -0.4 is 11.3 Å². The van der Waals surface area contributed by atoms with Gasteiger partial charge in [0.15, 0.2) is 0 Å². The van der Waals surface area contributed by atoms with Gasteiger partial charge in [-0.05, 0) is 47.9 Å². The molecule has 1 saturated carbocycles. The smallest absolute Gasteiger partial charge is 0.0712 e. The van der Waals surface area contributed by atoms with Gasteiger partial charge in [0.25, 0.3) is 0 Å². The molecule has 0 bridgehead atoms. The van der Waals surface area contributed by atoms with Crippen molar-refractivity contribution in [1.29, 1.82) is 0 Å². The van der Waals surface area contributed by atoms with Crippen LogP contribution in [0.1, 0.15) is 53.5 Å². The molecule has 1 unspecified atom stereocenters. The van der Waals surface area contributed by atoms with E-state index in [1.165, 1.54) is 41.5 Å². The highest BCUT2D eigenvalue weighted by atomic mass is 15.2. The van der Waals surface area contributed by atoms with Crippen LogP contribution in [0.2, 0.25) is 0 Å². The summed E-state index contributed by atoms with van der Waals surface area (Å²) in [6, 6.07) is 17.4. The highest BCUT2D eigenvalue weighted by molar-refractivity contribution is 5.39. The van der Waals surface area contributed by atoms with Crippen molar-refractivity contribution in [2.24, 2.45) is 5.84 Å². The number of hydrazine groups is 1. The first-order chi connectivity index (χ1) is 9.79. The van der Waals surface area contributed by atoms with Crippen LogP contribution in [-0.4, -0.2) is 0 Å². The normalized spacial score (nSPS) is 16.7. The molecule has 1 aliphatic carbocycles. The summed E-state index contributed by atoms with van der Waals surface area (Å²) in [6.07, 6.45) is 4.02. The summed E-state index contributed by atoms with van der Waals surface area (Å²) < 4.78 is 0. The van der Waals surface area contributed by atoms with Gasteiger partial charge in [0.2, 0.25) is 0 Å². The Balaban J connectivity index is 1.95. The Morgan fingerprint density at radius 2 is 1.90 bits per heavy atom. The molecule has 104 valence electrons. The Morgan fingerprint density at radius 3 is 2.55 bits per heavy atom. The molecule has 2 aromatic rings. The van der Waals surface area contributed by atoms with E-state index in [1.807, 2.05) is 0 Å². The lowest BCUT2D eigenvalue weighted by Gasteiger charge is -2.27. The van der Waals surface area contributed by atoms with Gasteiger partial charge in [-0.3, -0.25) is 5.84 Å². The van der Waals surface area contributed by atoms with E-state index >= 15 is 0 Å². The SMILES string of the molecule is Cc1ccccc1C(NN)c1cccc(C2CCC2)c1. The van der Waals surface area contributed by atoms with E-state index in [2.05, 4.69) is 60.9 Å². The molecule has 0 aliphatic heterocycles. The van der Waals surface area contributed by atoms with Gasteiger partial charge in [-0.2, -0.15) is 0 Å². The van der Waals surface area contributed by atoms with E-state index in [-0.39, 0.29) is 6.04 Å². The Kier molecular flexibility index (Phi) is 3.86. The van der Waals surface area contributed by atoms with E-state index in [4.69, 9.17) is 5.84 Å². The number of rotatable bonds is 4. The van der Waals surface area contributed by atoms with Gasteiger partial charge >= 0.3 is 0 Å². The fourth-order valence-corrected chi connectivity index (χ4v) is 3.01. The van der Waals surface area contributed by atoms with Crippen molar-refractivity contribution >= 4 is 0 Å². The molecule has 0 spiro atoms. The van der Waals surface area contributed by atoms with Crippen molar-refractivity contribution in [1.82, 2.24) is 5.43 Å². The number of benzene rings is 2. The largest absolute Gasteiger partial charge is 0.271 e. The minimum atomic E-state index is 0.0660. The fourth-order valence-electron chi connectivity index (χ4n) is 3.01. The summed E-state index contributed by atoms with van der Waals surface area (Å²) in [6.45, 7) is 2.13. The van der Waals surface area contributed by atoms with Gasteiger partial charge in [-0.25, -0.2) is 5.43 Å². The highest BCUT2D eigenvalue weighted by Crippen LogP contribution is 2.37. The Labute approximate surface area is 121 Å². The second-order valence-corrected chi connectivity index (χ2v) is 5.75. The van der Waals surface area contributed by atoms with Crippen LogP contribution in [-0.2, 0) is 0 Å². The van der Waals surface area contributed by atoms with E-state index in [1.54, 1.807) is 0 Å². The van der Waals surface area contributed by atoms with E-state index < -0.39 is 0 Å². The average Bonchev–Trinajstić information content (AvgIpc) is 2.40. The van der Waals surface area contributed by atoms with Gasteiger partial charge in [0, 0.05) is 0 Å². The van der Waals surface area contributed by atoms with Crippen molar-refractivity contribution in [2.45, 2.75) is 38.1 Å². The van der Waals surface area contributed by atoms with Crippen LogP contribution in [0.15, 0.2) is 48.5 Å². The van der Waals surface area contributed by atoms with E-state index in [9.17, 15) is 0 Å². The van der Waals surface area contributed by atoms with E-state index in [0.717, 1.165) is 5.92 Å². The van der Waals surface area contributed by atoms with Crippen molar-refractivity contribution in [3.63, 3.8) is 0 Å². The van der Waals surface area contributed by atoms with Gasteiger partial charge < -0.3 is 0 Å². The molecular formula is C18H22N2. The fraction of sp³-hybridized carbons (Fsp3) is 0.333. The quantitative estimate of drug-likeness (QED) is 0.652. The first kappa shape index (κ1) is 13.3. The molecule has 3 rings (SSSR count). The summed E-state index contributed by atoms with van der Waals surface area (Å²) in [5, 5.41) is 0. The molecular weight excluding hydrogens is 244 g/mol. The third-order valence-electron chi connectivity index (χ3n) is 4.49. The zero-order valence-corrected chi connectivity index (χ0v) is 12.0. The predicted molar refractivity (Wildman–Crippen MR) is 83.4 cm³/mol. The third-order valence-corrected chi connectivity index (χ3v) is 4.49. The van der Waals surface area contributed by atoms with Gasteiger partial charge in [-0.15, -0.1) is 0 Å². The summed E-state index contributed by atoms with van der Waals surface area (Å²) in [7, 11) is 0.